The molecule has 0 spiro atoms. The summed E-state index contributed by atoms with van der Waals surface area (Å²) in [6.07, 6.45) is 1.73. The van der Waals surface area contributed by atoms with E-state index in [9.17, 15) is 14.1 Å². The second-order valence-corrected chi connectivity index (χ2v) is 11.0. The molecule has 8 heteroatoms. The van der Waals surface area contributed by atoms with Gasteiger partial charge in [0.15, 0.2) is 0 Å². The SMILES string of the molecule is C=S(=O)(NC(C)(C)C)c1cc(NC(C)=O)ccc1-c1cnc(-c2ccc(O)cc2)s1. The summed E-state index contributed by atoms with van der Waals surface area (Å²) in [5, 5.41) is 13.0. The smallest absolute Gasteiger partial charge is 0.221 e. The second-order valence-electron chi connectivity index (χ2n) is 8.00. The van der Waals surface area contributed by atoms with E-state index >= 15 is 0 Å². The van der Waals surface area contributed by atoms with Crippen molar-refractivity contribution >= 4 is 38.5 Å². The summed E-state index contributed by atoms with van der Waals surface area (Å²) in [6.45, 7) is 7.19. The molecule has 0 bridgehead atoms. The number of amides is 1. The lowest BCUT2D eigenvalue weighted by molar-refractivity contribution is -0.114. The number of carbonyl (C=O) groups excluding carboxylic acids is 1. The Kier molecular flexibility index (Phi) is 6.03. The Balaban J connectivity index is 2.10. The van der Waals surface area contributed by atoms with E-state index in [1.807, 2.05) is 26.8 Å². The van der Waals surface area contributed by atoms with E-state index in [1.165, 1.54) is 18.3 Å². The highest BCUT2D eigenvalue weighted by Gasteiger charge is 2.22. The minimum Gasteiger partial charge on any atom is -0.508 e. The zero-order valence-corrected chi connectivity index (χ0v) is 19.0. The van der Waals surface area contributed by atoms with E-state index < -0.39 is 15.2 Å². The number of aromatic nitrogens is 1. The summed E-state index contributed by atoms with van der Waals surface area (Å²) < 4.78 is 16.7. The van der Waals surface area contributed by atoms with Gasteiger partial charge in [-0.3, -0.25) is 4.79 Å². The third-order valence-corrected chi connectivity index (χ3v) is 7.08. The zero-order chi connectivity index (χ0) is 22.1. The normalized spacial score (nSPS) is 13.6. The molecular weight excluding hydrogens is 418 g/mol. The lowest BCUT2D eigenvalue weighted by Gasteiger charge is -2.25. The van der Waals surface area contributed by atoms with Gasteiger partial charge in [-0.2, -0.15) is 0 Å². The number of aromatic hydroxyl groups is 1. The molecule has 0 saturated heterocycles. The van der Waals surface area contributed by atoms with Crippen LogP contribution >= 0.6 is 11.3 Å². The molecule has 1 heterocycles. The average molecular weight is 444 g/mol. The third kappa shape index (κ3) is 5.27. The fourth-order valence-corrected chi connectivity index (χ4v) is 5.94. The lowest BCUT2D eigenvalue weighted by atomic mass is 10.1. The van der Waals surface area contributed by atoms with Crippen molar-refractivity contribution in [2.75, 3.05) is 5.32 Å². The van der Waals surface area contributed by atoms with Gasteiger partial charge in [-0.15, -0.1) is 11.3 Å². The zero-order valence-electron chi connectivity index (χ0n) is 17.4. The summed E-state index contributed by atoms with van der Waals surface area (Å²) in [4.78, 5) is 17.3. The van der Waals surface area contributed by atoms with Crippen LogP contribution in [-0.2, 0) is 14.5 Å². The molecule has 158 valence electrons. The summed E-state index contributed by atoms with van der Waals surface area (Å²) in [6, 6.07) is 12.1. The molecule has 0 aliphatic carbocycles. The number of anilines is 1. The van der Waals surface area contributed by atoms with Crippen LogP contribution in [0.25, 0.3) is 21.0 Å². The maximum atomic E-state index is 13.6. The number of rotatable bonds is 5. The van der Waals surface area contributed by atoms with Crippen LogP contribution in [0.15, 0.2) is 53.6 Å². The van der Waals surface area contributed by atoms with Gasteiger partial charge >= 0.3 is 0 Å². The number of hydrogen-bond acceptors (Lipinski definition) is 5. The fourth-order valence-electron chi connectivity index (χ4n) is 2.97. The minimum atomic E-state index is -2.87. The van der Waals surface area contributed by atoms with Crippen molar-refractivity contribution in [3.05, 3.63) is 48.7 Å². The van der Waals surface area contributed by atoms with Gasteiger partial charge in [0.2, 0.25) is 5.91 Å². The van der Waals surface area contributed by atoms with Crippen molar-refractivity contribution in [3.63, 3.8) is 0 Å². The number of phenolic OH excluding ortho intramolecular Hbond substituents is 1. The van der Waals surface area contributed by atoms with Crippen LogP contribution < -0.4 is 10.0 Å². The van der Waals surface area contributed by atoms with E-state index in [0.717, 1.165) is 21.0 Å². The molecule has 1 aromatic heterocycles. The molecule has 3 aromatic rings. The predicted molar refractivity (Wildman–Crippen MR) is 125 cm³/mol. The van der Waals surface area contributed by atoms with Crippen LogP contribution in [-0.4, -0.2) is 31.6 Å². The van der Waals surface area contributed by atoms with Crippen molar-refractivity contribution in [1.29, 1.82) is 0 Å². The lowest BCUT2D eigenvalue weighted by Crippen LogP contribution is -2.40. The van der Waals surface area contributed by atoms with E-state index in [-0.39, 0.29) is 11.7 Å². The van der Waals surface area contributed by atoms with Gasteiger partial charge < -0.3 is 10.4 Å². The Hall–Kier alpha value is -2.68. The Morgan fingerprint density at radius 3 is 2.43 bits per heavy atom. The number of thiazole rings is 1. The molecule has 0 fully saturated rings. The first-order valence-corrected chi connectivity index (χ1v) is 11.8. The highest BCUT2D eigenvalue weighted by molar-refractivity contribution is 7.98. The van der Waals surface area contributed by atoms with Gasteiger partial charge in [0.1, 0.15) is 10.8 Å². The van der Waals surface area contributed by atoms with Crippen LogP contribution in [0.1, 0.15) is 27.7 Å². The molecule has 3 N–H and O–H groups in total. The van der Waals surface area contributed by atoms with Crippen LogP contribution in [0.4, 0.5) is 5.69 Å². The summed E-state index contributed by atoms with van der Waals surface area (Å²) in [5.41, 5.74) is 1.74. The van der Waals surface area contributed by atoms with E-state index in [2.05, 4.69) is 20.9 Å². The maximum absolute atomic E-state index is 13.6. The van der Waals surface area contributed by atoms with Gasteiger partial charge in [0, 0.05) is 35.5 Å². The van der Waals surface area contributed by atoms with Crippen molar-refractivity contribution in [1.82, 2.24) is 9.71 Å². The standard InChI is InChI=1S/C22H25N3O3S2/c1-14(26)24-16-8-11-18(20(12-16)30(5,28)25-22(2,3)4)19-13-23-21(29-19)15-6-9-17(27)10-7-15/h6-13,27H,5H2,1-4H3,(H,24,26)(H,25,28). The first-order valence-electron chi connectivity index (χ1n) is 9.28. The molecule has 0 radical (unpaired) electrons. The Morgan fingerprint density at radius 2 is 1.83 bits per heavy atom. The molecule has 0 aliphatic heterocycles. The summed E-state index contributed by atoms with van der Waals surface area (Å²) >= 11 is 1.45. The number of carbonyl (C=O) groups is 1. The van der Waals surface area contributed by atoms with E-state index in [1.54, 1.807) is 42.6 Å². The maximum Gasteiger partial charge on any atom is 0.221 e. The van der Waals surface area contributed by atoms with Crippen LogP contribution in [0.3, 0.4) is 0 Å². The van der Waals surface area contributed by atoms with Gasteiger partial charge in [-0.1, -0.05) is 6.07 Å². The number of benzene rings is 2. The topological polar surface area (TPSA) is 91.3 Å². The number of nitrogens with zero attached hydrogens (tertiary/aromatic N) is 1. The molecule has 1 atom stereocenters. The molecule has 0 aliphatic rings. The largest absolute Gasteiger partial charge is 0.508 e. The molecular formula is C22H25N3O3S2. The van der Waals surface area contributed by atoms with Crippen LogP contribution in [0.2, 0.25) is 0 Å². The predicted octanol–water partition coefficient (Wildman–Crippen LogP) is 4.52. The number of nitrogens with one attached hydrogen (secondary N) is 2. The molecule has 3 rings (SSSR count). The molecule has 1 unspecified atom stereocenters. The van der Waals surface area contributed by atoms with Crippen molar-refractivity contribution < 1.29 is 14.1 Å². The first-order chi connectivity index (χ1) is 13.9. The average Bonchev–Trinajstić information content (AvgIpc) is 3.09. The monoisotopic (exact) mass is 443 g/mol. The molecule has 0 saturated carbocycles. The van der Waals surface area contributed by atoms with Gasteiger partial charge in [0.25, 0.3) is 0 Å². The fraction of sp³-hybridized carbons (Fsp3) is 0.227. The third-order valence-electron chi connectivity index (χ3n) is 4.01. The molecule has 1 amide bonds. The molecule has 30 heavy (non-hydrogen) atoms. The van der Waals surface area contributed by atoms with Gasteiger partial charge in [-0.05, 0) is 63.0 Å². The van der Waals surface area contributed by atoms with Crippen molar-refractivity contribution in [2.24, 2.45) is 0 Å². The second kappa shape index (κ2) is 8.22. The summed E-state index contributed by atoms with van der Waals surface area (Å²) in [7, 11) is -2.87. The number of hydrogen-bond donors (Lipinski definition) is 3. The highest BCUT2D eigenvalue weighted by atomic mass is 32.2. The Morgan fingerprint density at radius 1 is 1.17 bits per heavy atom. The quantitative estimate of drug-likeness (QED) is 0.506. The van der Waals surface area contributed by atoms with Gasteiger partial charge in [-0.25, -0.2) is 13.9 Å². The van der Waals surface area contributed by atoms with E-state index in [0.29, 0.717) is 10.6 Å². The highest BCUT2D eigenvalue weighted by Crippen LogP contribution is 2.37. The number of phenols is 1. The van der Waals surface area contributed by atoms with Crippen LogP contribution in [0.5, 0.6) is 5.75 Å². The summed E-state index contributed by atoms with van der Waals surface area (Å²) in [5.74, 6) is 3.95. The Bertz CT molecular complexity index is 1180. The first kappa shape index (κ1) is 22.0. The minimum absolute atomic E-state index is 0.191. The van der Waals surface area contributed by atoms with Crippen LogP contribution in [0, 0.1) is 0 Å². The van der Waals surface area contributed by atoms with Crippen molar-refractivity contribution in [3.8, 4) is 26.8 Å². The van der Waals surface area contributed by atoms with E-state index in [4.69, 9.17) is 0 Å². The Labute approximate surface area is 181 Å². The molecule has 2 aromatic carbocycles. The van der Waals surface area contributed by atoms with Crippen molar-refractivity contribution in [2.45, 2.75) is 38.1 Å². The van der Waals surface area contributed by atoms with Gasteiger partial charge in [0.05, 0.1) is 19.5 Å². The molecule has 6 nitrogen and oxygen atoms in total.